The molecule has 0 radical (unpaired) electrons. The lowest BCUT2D eigenvalue weighted by molar-refractivity contribution is 0.717. The summed E-state index contributed by atoms with van der Waals surface area (Å²) in [4.78, 5) is 1.03. The number of benzene rings is 1. The molecule has 0 N–H and O–H groups in total. The SMILES string of the molecule is CCCCCc1ccc(SC#N)cc1. The summed E-state index contributed by atoms with van der Waals surface area (Å²) in [6.45, 7) is 2.21. The zero-order valence-electron chi connectivity index (χ0n) is 8.49. The average Bonchev–Trinajstić information content (AvgIpc) is 2.21. The maximum Gasteiger partial charge on any atom is 0.138 e. The molecule has 0 aliphatic rings. The van der Waals surface area contributed by atoms with Gasteiger partial charge in [0.2, 0.25) is 0 Å². The van der Waals surface area contributed by atoms with Gasteiger partial charge in [0, 0.05) is 4.90 Å². The van der Waals surface area contributed by atoms with Crippen molar-refractivity contribution in [3.05, 3.63) is 29.8 Å². The number of rotatable bonds is 5. The summed E-state index contributed by atoms with van der Waals surface area (Å²) in [5.74, 6) is 0. The zero-order valence-corrected chi connectivity index (χ0v) is 9.31. The van der Waals surface area contributed by atoms with Crippen LogP contribution >= 0.6 is 11.8 Å². The summed E-state index contributed by atoms with van der Waals surface area (Å²) in [6, 6.07) is 8.29. The standard InChI is InChI=1S/C12H15NS/c1-2-3-4-5-11-6-8-12(9-7-11)14-10-13/h6-9H,2-5H2,1H3. The molecule has 0 unspecified atom stereocenters. The fraction of sp³-hybridized carbons (Fsp3) is 0.417. The fourth-order valence-corrected chi connectivity index (χ4v) is 1.73. The number of aryl methyl sites for hydroxylation is 1. The molecule has 1 aromatic rings. The lowest BCUT2D eigenvalue weighted by Crippen LogP contribution is -1.84. The van der Waals surface area contributed by atoms with Gasteiger partial charge >= 0.3 is 0 Å². The molecule has 0 amide bonds. The Morgan fingerprint density at radius 3 is 2.50 bits per heavy atom. The summed E-state index contributed by atoms with van der Waals surface area (Å²) in [6.07, 6.45) is 4.99. The Kier molecular flexibility index (Phi) is 5.17. The Balaban J connectivity index is 2.43. The average molecular weight is 205 g/mol. The first-order valence-electron chi connectivity index (χ1n) is 5.01. The number of nitriles is 1. The maximum atomic E-state index is 8.48. The molecular weight excluding hydrogens is 190 g/mol. The minimum absolute atomic E-state index is 1.03. The van der Waals surface area contributed by atoms with Crippen LogP contribution in [0.3, 0.4) is 0 Å². The van der Waals surface area contributed by atoms with Gasteiger partial charge in [-0.2, -0.15) is 5.26 Å². The van der Waals surface area contributed by atoms with Crippen LogP contribution in [-0.2, 0) is 6.42 Å². The van der Waals surface area contributed by atoms with E-state index in [1.807, 2.05) is 12.1 Å². The van der Waals surface area contributed by atoms with Crippen LogP contribution in [-0.4, -0.2) is 0 Å². The molecule has 74 valence electrons. The van der Waals surface area contributed by atoms with Crippen LogP contribution in [0.15, 0.2) is 29.2 Å². The molecule has 1 nitrogen and oxygen atoms in total. The van der Waals surface area contributed by atoms with Gasteiger partial charge in [0.25, 0.3) is 0 Å². The highest BCUT2D eigenvalue weighted by Gasteiger charge is 1.94. The Hall–Kier alpha value is -0.940. The minimum Gasteiger partial charge on any atom is -0.185 e. The largest absolute Gasteiger partial charge is 0.185 e. The molecule has 0 aliphatic heterocycles. The Labute approximate surface area is 90.1 Å². The first-order valence-corrected chi connectivity index (χ1v) is 5.83. The smallest absolute Gasteiger partial charge is 0.138 e. The Morgan fingerprint density at radius 2 is 1.93 bits per heavy atom. The number of thiocyanates is 1. The van der Waals surface area contributed by atoms with E-state index in [1.165, 1.54) is 36.6 Å². The van der Waals surface area contributed by atoms with Gasteiger partial charge in [-0.05, 0) is 42.3 Å². The number of unbranched alkanes of at least 4 members (excludes halogenated alkanes) is 2. The van der Waals surface area contributed by atoms with Gasteiger partial charge in [0.15, 0.2) is 0 Å². The molecule has 1 aromatic carbocycles. The molecule has 0 fully saturated rings. The van der Waals surface area contributed by atoms with Crippen molar-refractivity contribution in [3.63, 3.8) is 0 Å². The van der Waals surface area contributed by atoms with Crippen molar-refractivity contribution in [1.82, 2.24) is 0 Å². The quantitative estimate of drug-likeness (QED) is 0.412. The topological polar surface area (TPSA) is 23.8 Å². The highest BCUT2D eigenvalue weighted by Crippen LogP contribution is 2.17. The predicted octanol–water partition coefficient (Wildman–Crippen LogP) is 3.99. The normalized spacial score (nSPS) is 9.71. The molecule has 1 rings (SSSR count). The fourth-order valence-electron chi connectivity index (χ4n) is 1.36. The van der Waals surface area contributed by atoms with Crippen LogP contribution in [0.5, 0.6) is 0 Å². The molecule has 0 atom stereocenters. The lowest BCUT2D eigenvalue weighted by Gasteiger charge is -2.00. The van der Waals surface area contributed by atoms with Crippen molar-refractivity contribution in [2.75, 3.05) is 0 Å². The van der Waals surface area contributed by atoms with Gasteiger partial charge in [-0.1, -0.05) is 31.9 Å². The minimum atomic E-state index is 1.03. The molecule has 0 heterocycles. The molecule has 2 heteroatoms. The Bertz CT molecular complexity index is 297. The van der Waals surface area contributed by atoms with Gasteiger partial charge in [0.1, 0.15) is 5.40 Å². The van der Waals surface area contributed by atoms with Gasteiger partial charge < -0.3 is 0 Å². The molecule has 14 heavy (non-hydrogen) atoms. The third kappa shape index (κ3) is 3.85. The van der Waals surface area contributed by atoms with Crippen molar-refractivity contribution < 1.29 is 0 Å². The van der Waals surface area contributed by atoms with Crippen molar-refractivity contribution in [1.29, 1.82) is 5.26 Å². The molecular formula is C12H15NS. The molecule has 0 aliphatic carbocycles. The van der Waals surface area contributed by atoms with Gasteiger partial charge in [-0.25, -0.2) is 0 Å². The van der Waals surface area contributed by atoms with Crippen LogP contribution in [0.4, 0.5) is 0 Å². The van der Waals surface area contributed by atoms with E-state index in [1.54, 1.807) is 0 Å². The second-order valence-corrected chi connectivity index (χ2v) is 4.15. The zero-order chi connectivity index (χ0) is 10.2. The molecule has 0 saturated heterocycles. The maximum absolute atomic E-state index is 8.48. The lowest BCUT2D eigenvalue weighted by atomic mass is 10.1. The van der Waals surface area contributed by atoms with Crippen LogP contribution in [0.25, 0.3) is 0 Å². The number of hydrogen-bond acceptors (Lipinski definition) is 2. The van der Waals surface area contributed by atoms with E-state index in [0.29, 0.717) is 0 Å². The van der Waals surface area contributed by atoms with E-state index in [4.69, 9.17) is 5.26 Å². The van der Waals surface area contributed by atoms with Crippen LogP contribution < -0.4 is 0 Å². The van der Waals surface area contributed by atoms with E-state index in [9.17, 15) is 0 Å². The van der Waals surface area contributed by atoms with Crippen molar-refractivity contribution >= 4 is 11.8 Å². The number of nitrogens with zero attached hydrogens (tertiary/aromatic N) is 1. The Morgan fingerprint density at radius 1 is 1.21 bits per heavy atom. The van der Waals surface area contributed by atoms with Gasteiger partial charge in [0.05, 0.1) is 0 Å². The summed E-state index contributed by atoms with van der Waals surface area (Å²) in [5, 5.41) is 10.5. The highest BCUT2D eigenvalue weighted by atomic mass is 32.2. The van der Waals surface area contributed by atoms with E-state index in [-0.39, 0.29) is 0 Å². The second-order valence-electron chi connectivity index (χ2n) is 3.29. The molecule has 0 aromatic heterocycles. The summed E-state index contributed by atoms with van der Waals surface area (Å²) < 4.78 is 0. The van der Waals surface area contributed by atoms with E-state index in [0.717, 1.165) is 11.3 Å². The van der Waals surface area contributed by atoms with Gasteiger partial charge in [-0.3, -0.25) is 0 Å². The second kappa shape index (κ2) is 6.50. The number of hydrogen-bond donors (Lipinski definition) is 0. The van der Waals surface area contributed by atoms with Gasteiger partial charge in [-0.15, -0.1) is 0 Å². The third-order valence-corrected chi connectivity index (χ3v) is 2.76. The van der Waals surface area contributed by atoms with E-state index >= 15 is 0 Å². The van der Waals surface area contributed by atoms with Crippen LogP contribution in [0.1, 0.15) is 31.7 Å². The highest BCUT2D eigenvalue weighted by molar-refractivity contribution is 8.03. The monoisotopic (exact) mass is 205 g/mol. The molecule has 0 bridgehead atoms. The first-order chi connectivity index (χ1) is 6.86. The van der Waals surface area contributed by atoms with Crippen LogP contribution in [0.2, 0.25) is 0 Å². The van der Waals surface area contributed by atoms with Crippen molar-refractivity contribution in [2.45, 2.75) is 37.5 Å². The summed E-state index contributed by atoms with van der Waals surface area (Å²) >= 11 is 1.22. The number of thioether (sulfide) groups is 1. The summed E-state index contributed by atoms with van der Waals surface area (Å²) in [7, 11) is 0. The van der Waals surface area contributed by atoms with Crippen molar-refractivity contribution in [3.8, 4) is 5.40 Å². The van der Waals surface area contributed by atoms with E-state index in [2.05, 4.69) is 24.5 Å². The van der Waals surface area contributed by atoms with Crippen molar-refractivity contribution in [2.24, 2.45) is 0 Å². The first kappa shape index (κ1) is 11.1. The molecule has 0 spiro atoms. The third-order valence-electron chi connectivity index (χ3n) is 2.16. The predicted molar refractivity (Wildman–Crippen MR) is 61.1 cm³/mol. The summed E-state index contributed by atoms with van der Waals surface area (Å²) in [5.41, 5.74) is 1.38. The van der Waals surface area contributed by atoms with E-state index < -0.39 is 0 Å². The molecule has 0 saturated carbocycles. The van der Waals surface area contributed by atoms with Crippen LogP contribution in [0, 0.1) is 10.7 Å².